The fourth-order valence-corrected chi connectivity index (χ4v) is 24.1. The Labute approximate surface area is 766 Å². The van der Waals surface area contributed by atoms with E-state index in [0.717, 1.165) is 112 Å². The zero-order valence-corrected chi connectivity index (χ0v) is 85.8. The SMILES string of the molecule is CC1(C)CS(=O)C1.CC1(C)CSC1.CC1CCCO1.CC1CCS(=O)(=O)C1.CC1CCS(=O)C1.CC1CCSC1.CC1CS(=O)(=O)C1.CC1CS(=O)C1.CC1CS(=O)C1(C)C.CC1CSC1.CC1CSC1(C)C.Cc1ccccn1.Cc1cnc(C#N)cn1.Cc1cnc(Cl)cn1.Cc1ncc(C#N)cn1.Cc1ncc(Cl)cn1.Cc1ncccn1. The highest BCUT2D eigenvalue weighted by Gasteiger charge is 2.43. The number of rotatable bonds is 0. The molecular weight excluding hydrogens is 1760 g/mol. The summed E-state index contributed by atoms with van der Waals surface area (Å²) in [6, 6.07) is 11.5. The maximum atomic E-state index is 10.9. The van der Waals surface area contributed by atoms with Crippen molar-refractivity contribution in [1.29, 1.82) is 10.5 Å². The van der Waals surface area contributed by atoms with E-state index in [0.29, 0.717) is 89.7 Å². The Bertz CT molecular complexity index is 4000. The maximum Gasteiger partial charge on any atom is 0.158 e. The van der Waals surface area contributed by atoms with E-state index in [1.165, 1.54) is 90.7 Å². The Morgan fingerprint density at radius 2 is 0.992 bits per heavy atom. The van der Waals surface area contributed by atoms with Gasteiger partial charge in [-0.25, -0.2) is 56.7 Å². The molecule has 0 N–H and O–H groups in total. The molecule has 682 valence electrons. The van der Waals surface area contributed by atoms with Crippen LogP contribution in [0.15, 0.2) is 92.4 Å². The molecule has 34 heteroatoms. The summed E-state index contributed by atoms with van der Waals surface area (Å²) in [5.41, 5.74) is 4.72. The third-order valence-corrected chi connectivity index (χ3v) is 38.2. The molecule has 0 saturated carbocycles. The molecule has 121 heavy (non-hydrogen) atoms. The van der Waals surface area contributed by atoms with Crippen molar-refractivity contribution in [2.45, 2.75) is 207 Å². The van der Waals surface area contributed by atoms with Crippen LogP contribution in [-0.2, 0) is 67.6 Å². The molecule has 8 atom stereocenters. The molecule has 0 radical (unpaired) electrons. The summed E-state index contributed by atoms with van der Waals surface area (Å²) in [6.07, 6.45) is 24.1. The lowest BCUT2D eigenvalue weighted by atomic mass is 9.98. The molecule has 17 heterocycles. The third-order valence-electron chi connectivity index (χ3n) is 18.9. The number of pyridine rings is 1. The van der Waals surface area contributed by atoms with Crippen LogP contribution in [0.3, 0.4) is 0 Å². The molecule has 0 bridgehead atoms. The van der Waals surface area contributed by atoms with E-state index in [1.54, 1.807) is 56.4 Å². The number of aryl methyl sites for hydroxylation is 6. The van der Waals surface area contributed by atoms with Gasteiger partial charge in [0.05, 0.1) is 63.5 Å². The van der Waals surface area contributed by atoms with E-state index >= 15 is 0 Å². The minimum atomic E-state index is -2.60. The van der Waals surface area contributed by atoms with Gasteiger partial charge in [0.25, 0.3) is 0 Å². The van der Waals surface area contributed by atoms with Crippen molar-refractivity contribution in [1.82, 2.24) is 54.8 Å². The van der Waals surface area contributed by atoms with Crippen molar-refractivity contribution in [3.63, 3.8) is 0 Å². The van der Waals surface area contributed by atoms with E-state index < -0.39 is 62.9 Å². The van der Waals surface area contributed by atoms with Gasteiger partial charge < -0.3 is 4.74 Å². The molecule has 0 spiro atoms. The van der Waals surface area contributed by atoms with Crippen molar-refractivity contribution in [3.8, 4) is 12.1 Å². The van der Waals surface area contributed by atoms with Crippen molar-refractivity contribution in [3.05, 3.63) is 148 Å². The molecule has 11 aliphatic heterocycles. The summed E-state index contributed by atoms with van der Waals surface area (Å²) in [7, 11) is -6.99. The van der Waals surface area contributed by atoms with Gasteiger partial charge in [0, 0.05) is 161 Å². The Morgan fingerprint density at radius 3 is 1.16 bits per heavy atom. The second-order valence-electron chi connectivity index (χ2n) is 34.6. The van der Waals surface area contributed by atoms with Crippen LogP contribution >= 0.6 is 70.2 Å². The van der Waals surface area contributed by atoms with Gasteiger partial charge in [-0.2, -0.15) is 57.6 Å². The van der Waals surface area contributed by atoms with Gasteiger partial charge in [0.15, 0.2) is 25.4 Å². The number of thioether (sulfide) groups is 4. The summed E-state index contributed by atoms with van der Waals surface area (Å²) in [5, 5.41) is 17.6. The van der Waals surface area contributed by atoms with E-state index in [1.807, 2.05) is 102 Å². The topological polar surface area (TPSA) is 335 Å². The number of aromatic nitrogens is 11. The zero-order valence-electron chi connectivity index (χ0n) is 76.2. The number of halogens is 2. The van der Waals surface area contributed by atoms with Gasteiger partial charge in [-0.3, -0.25) is 31.8 Å². The average molecular weight is 1900 g/mol. The van der Waals surface area contributed by atoms with Crippen LogP contribution in [0.5, 0.6) is 0 Å². The van der Waals surface area contributed by atoms with E-state index in [9.17, 15) is 33.7 Å². The Morgan fingerprint density at radius 1 is 0.471 bits per heavy atom. The molecule has 11 aliphatic rings. The number of hydrogen-bond donors (Lipinski definition) is 0. The lowest BCUT2D eigenvalue weighted by Gasteiger charge is -2.41. The van der Waals surface area contributed by atoms with Crippen LogP contribution in [0, 0.1) is 122 Å². The molecule has 8 unspecified atom stereocenters. The Balaban J connectivity index is 0.000000644. The van der Waals surface area contributed by atoms with Crippen molar-refractivity contribution < 1.29 is 38.4 Å². The monoisotopic (exact) mass is 1900 g/mol. The first-order valence-electron chi connectivity index (χ1n) is 41.2. The molecule has 6 aromatic heterocycles. The fraction of sp³-hybridized carbons (Fsp3) is 0.690. The smallest absolute Gasteiger partial charge is 0.158 e. The fourth-order valence-electron chi connectivity index (χ4n) is 10.1. The van der Waals surface area contributed by atoms with Gasteiger partial charge in [0.1, 0.15) is 34.8 Å². The Kier molecular flexibility index (Phi) is 58.4. The highest BCUT2D eigenvalue weighted by Crippen LogP contribution is 2.44. The molecule has 22 nitrogen and oxygen atoms in total. The van der Waals surface area contributed by atoms with Crippen LogP contribution in [0.25, 0.3) is 0 Å². The highest BCUT2D eigenvalue weighted by atomic mass is 35.5. The number of nitriles is 2. The first-order chi connectivity index (χ1) is 56.5. The second-order valence-corrected chi connectivity index (χ2v) is 51.4. The first-order valence-corrected chi connectivity index (χ1v) is 55.8. The van der Waals surface area contributed by atoms with Gasteiger partial charge in [-0.15, -0.1) is 0 Å². The van der Waals surface area contributed by atoms with Crippen LogP contribution in [-0.4, -0.2) is 214 Å². The predicted molar refractivity (Wildman–Crippen MR) is 518 cm³/mol. The quantitative estimate of drug-likeness (QED) is 0.136. The second kappa shape index (κ2) is 61.4. The average Bonchev–Trinajstić information content (AvgIpc) is 1.47. The van der Waals surface area contributed by atoms with Gasteiger partial charge in [-0.1, -0.05) is 126 Å². The molecule has 0 aromatic carbocycles. The lowest BCUT2D eigenvalue weighted by molar-refractivity contribution is 0.125. The minimum Gasteiger partial charge on any atom is -0.379 e. The maximum absolute atomic E-state index is 10.9. The summed E-state index contributed by atoms with van der Waals surface area (Å²) >= 11 is 19.2. The van der Waals surface area contributed by atoms with E-state index in [4.69, 9.17) is 38.5 Å². The third kappa shape index (κ3) is 58.9. The number of nitrogens with zero attached hydrogens (tertiary/aromatic N) is 13. The van der Waals surface area contributed by atoms with Crippen molar-refractivity contribution in [2.24, 2.45) is 58.2 Å². The van der Waals surface area contributed by atoms with Gasteiger partial charge in [0.2, 0.25) is 0 Å². The predicted octanol–water partition coefficient (Wildman–Crippen LogP) is 18.2. The van der Waals surface area contributed by atoms with Crippen molar-refractivity contribution in [2.75, 3.05) is 110 Å². The summed E-state index contributed by atoms with van der Waals surface area (Å²) in [6.45, 7) is 49.2. The molecule has 11 saturated heterocycles. The van der Waals surface area contributed by atoms with Crippen LogP contribution in [0.1, 0.15) is 196 Å². The molecular formula is C87H141Cl2N13O9S10. The summed E-state index contributed by atoms with van der Waals surface area (Å²) in [4.78, 5) is 42.3. The van der Waals surface area contributed by atoms with Crippen LogP contribution in [0.2, 0.25) is 10.2 Å². The molecule has 0 aliphatic carbocycles. The van der Waals surface area contributed by atoms with Gasteiger partial charge >= 0.3 is 0 Å². The molecule has 6 aromatic rings. The highest BCUT2D eigenvalue weighted by molar-refractivity contribution is 8.02. The lowest BCUT2D eigenvalue weighted by Crippen LogP contribution is -2.49. The molecule has 0 amide bonds. The van der Waals surface area contributed by atoms with Crippen LogP contribution < -0.4 is 0 Å². The van der Waals surface area contributed by atoms with Crippen LogP contribution in [0.4, 0.5) is 0 Å². The minimum absolute atomic E-state index is 0.111. The summed E-state index contributed by atoms with van der Waals surface area (Å²) < 4.78 is 89.8. The van der Waals surface area contributed by atoms with Crippen molar-refractivity contribution >= 4 is 133 Å². The molecule has 17 rings (SSSR count). The Hall–Kier alpha value is -4.03. The van der Waals surface area contributed by atoms with Gasteiger partial charge in [-0.05, 0) is 211 Å². The number of ether oxygens (including phenoxy) is 1. The number of hydrogen-bond acceptors (Lipinski definition) is 26. The molecule has 11 fully saturated rings. The van der Waals surface area contributed by atoms with E-state index in [2.05, 4.69) is 182 Å². The largest absolute Gasteiger partial charge is 0.379 e. The summed E-state index contributed by atoms with van der Waals surface area (Å²) in [5.74, 6) is 26.0. The number of sulfone groups is 2. The zero-order chi connectivity index (χ0) is 91.6. The standard InChI is InChI=1S/2C6H5N3.C6H7N.C6H12OS.C6H12S.2C5H5ClN2.C5H6N2.C5H10O2S.2C5H10OS.C5H10O.2C5H10S.C4H8O2S.C4H8OS.C4H8S/c1-5-8-3-6(2-7)4-9-5;1-5-3-9-6(2-7)4-8-5;1-6-4-2-3-5-7-6;1-5-4-8(7)6(5,2)3;1-5-4-7-6(5,2)3;1-4-7-2-5(6)3-8-4;1-4-2-8-5(6)3-7-4;1-5-6-3-2-4-7-5;1-5-2-3-8(6,7)4-5;1-5(2)3-7(6)4-5;1-5-2-3-7(6)4-5;1-5-3-2-4-6-5;1-5(2)3-6-4-5;1-5-2-3-6-4-5;1-4-2-7(5,6)3-4;1-4-2-6(5)3-4;1-4-2-5-3-4/h2*3-4H,1H3;2-5H,1H3;5H,4H2,1-3H3;5H,4H2,1-3H3;2*2-3H,1H3;2-4H,1H3;5H,2-4H2,1H3;3-4H2,1-2H3;5H,2-4H2,1H3;5H,2-4H2,1H3;3-4H2,1-2H3;5H,2-4H2,1H3;4H,2-3H2,1H3;4H,2-3H2,1H3;4H,2-3H2,1H3. The van der Waals surface area contributed by atoms with E-state index in [-0.39, 0.29) is 4.75 Å². The first kappa shape index (κ1) is 115. The normalized spacial score (nSPS) is 24.8.